The van der Waals surface area contributed by atoms with Crippen LogP contribution in [0.5, 0.6) is 0 Å². The van der Waals surface area contributed by atoms with Gasteiger partial charge in [-0.05, 0) is 55.0 Å². The van der Waals surface area contributed by atoms with Crippen molar-refractivity contribution in [3.63, 3.8) is 0 Å². The summed E-state index contributed by atoms with van der Waals surface area (Å²) >= 11 is 1.60. The first-order chi connectivity index (χ1) is 12.5. The highest BCUT2D eigenvalue weighted by Gasteiger charge is 2.18. The third-order valence-corrected chi connectivity index (χ3v) is 6.60. The molecule has 2 N–H and O–H groups in total. The molecule has 0 spiro atoms. The molecule has 2 heterocycles. The lowest BCUT2D eigenvalue weighted by Gasteiger charge is -2.11. The predicted molar refractivity (Wildman–Crippen MR) is 101 cm³/mol. The summed E-state index contributed by atoms with van der Waals surface area (Å²) in [6, 6.07) is 9.88. The minimum absolute atomic E-state index is 0.0751. The number of nitrogens with one attached hydrogen (secondary N) is 2. The van der Waals surface area contributed by atoms with Crippen LogP contribution in [-0.4, -0.2) is 40.1 Å². The first-order valence-electron chi connectivity index (χ1n) is 8.56. The molecule has 1 saturated heterocycles. The van der Waals surface area contributed by atoms with Crippen LogP contribution in [-0.2, 0) is 21.2 Å². The molecule has 0 aliphatic carbocycles. The van der Waals surface area contributed by atoms with E-state index in [9.17, 15) is 13.2 Å². The summed E-state index contributed by atoms with van der Waals surface area (Å²) in [5.74, 6) is -0.227. The van der Waals surface area contributed by atoms with E-state index >= 15 is 0 Å². The molecule has 26 heavy (non-hydrogen) atoms. The summed E-state index contributed by atoms with van der Waals surface area (Å²) in [4.78, 5) is 13.4. The van der Waals surface area contributed by atoms with Crippen LogP contribution in [0.25, 0.3) is 0 Å². The van der Waals surface area contributed by atoms with Gasteiger partial charge in [0.1, 0.15) is 0 Å². The number of hydrogen-bond acceptors (Lipinski definition) is 5. The molecule has 1 amide bonds. The van der Waals surface area contributed by atoms with Crippen LogP contribution in [0.15, 0.2) is 46.7 Å². The van der Waals surface area contributed by atoms with Gasteiger partial charge in [-0.3, -0.25) is 4.79 Å². The standard InChI is InChI=1S/C18H22N2O4S2/c21-18(19-13-15-3-1-11-24-15)14-5-7-17(8-6-14)26(22,23)20-10-9-16-4-2-12-25-16/h2,4-8,12,15,20H,1,3,9-11,13H2,(H,19,21). The largest absolute Gasteiger partial charge is 0.376 e. The Labute approximate surface area is 157 Å². The summed E-state index contributed by atoms with van der Waals surface area (Å²) in [6.07, 6.45) is 2.70. The van der Waals surface area contributed by atoms with Gasteiger partial charge in [-0.1, -0.05) is 6.07 Å². The van der Waals surface area contributed by atoms with Gasteiger partial charge in [0.25, 0.3) is 5.91 Å². The van der Waals surface area contributed by atoms with E-state index in [0.717, 1.165) is 24.3 Å². The molecule has 1 unspecified atom stereocenters. The van der Waals surface area contributed by atoms with Crippen molar-refractivity contribution in [2.75, 3.05) is 19.7 Å². The number of benzene rings is 1. The molecule has 140 valence electrons. The Bertz CT molecular complexity index is 811. The van der Waals surface area contributed by atoms with Gasteiger partial charge in [-0.15, -0.1) is 11.3 Å². The Kier molecular flexibility index (Phi) is 6.42. The van der Waals surface area contributed by atoms with E-state index in [-0.39, 0.29) is 16.9 Å². The maximum absolute atomic E-state index is 12.3. The first kappa shape index (κ1) is 19.0. The van der Waals surface area contributed by atoms with E-state index in [1.54, 1.807) is 11.3 Å². The van der Waals surface area contributed by atoms with Crippen LogP contribution in [0.2, 0.25) is 0 Å². The van der Waals surface area contributed by atoms with Crippen molar-refractivity contribution < 1.29 is 17.9 Å². The fourth-order valence-electron chi connectivity index (χ4n) is 2.75. The van der Waals surface area contributed by atoms with Gasteiger partial charge in [0.05, 0.1) is 11.0 Å². The number of hydrogen-bond donors (Lipinski definition) is 2. The van der Waals surface area contributed by atoms with Crippen LogP contribution in [0.1, 0.15) is 28.1 Å². The monoisotopic (exact) mass is 394 g/mol. The molecule has 1 atom stereocenters. The number of carbonyl (C=O) groups excluding carboxylic acids is 1. The van der Waals surface area contributed by atoms with Crippen molar-refractivity contribution in [3.05, 3.63) is 52.2 Å². The summed E-state index contributed by atoms with van der Waals surface area (Å²) in [6.45, 7) is 1.56. The van der Waals surface area contributed by atoms with Crippen molar-refractivity contribution >= 4 is 27.3 Å². The maximum Gasteiger partial charge on any atom is 0.251 e. The number of rotatable bonds is 8. The Hall–Kier alpha value is -1.74. The van der Waals surface area contributed by atoms with Crippen LogP contribution < -0.4 is 10.0 Å². The third-order valence-electron chi connectivity index (χ3n) is 4.18. The van der Waals surface area contributed by atoms with E-state index < -0.39 is 10.0 Å². The van der Waals surface area contributed by atoms with Gasteiger partial charge in [-0.25, -0.2) is 13.1 Å². The summed E-state index contributed by atoms with van der Waals surface area (Å²) in [5.41, 5.74) is 0.431. The van der Waals surface area contributed by atoms with Crippen LogP contribution in [0.4, 0.5) is 0 Å². The Morgan fingerprint density at radius 3 is 2.69 bits per heavy atom. The first-order valence-corrected chi connectivity index (χ1v) is 10.9. The number of sulfonamides is 1. The van der Waals surface area contributed by atoms with Crippen molar-refractivity contribution in [1.29, 1.82) is 0 Å². The number of ether oxygens (including phenoxy) is 1. The fourth-order valence-corrected chi connectivity index (χ4v) is 4.49. The second-order valence-corrected chi connectivity index (χ2v) is 8.90. The molecule has 0 bridgehead atoms. The molecule has 1 aliphatic rings. The van der Waals surface area contributed by atoms with Crippen molar-refractivity contribution in [3.8, 4) is 0 Å². The second kappa shape index (κ2) is 8.77. The van der Waals surface area contributed by atoms with Crippen LogP contribution in [0, 0.1) is 0 Å². The van der Waals surface area contributed by atoms with Gasteiger partial charge in [0, 0.05) is 30.1 Å². The molecule has 0 saturated carbocycles. The molecule has 1 aromatic heterocycles. The smallest absolute Gasteiger partial charge is 0.251 e. The van der Waals surface area contributed by atoms with Gasteiger partial charge in [0.2, 0.25) is 10.0 Å². The topological polar surface area (TPSA) is 84.5 Å². The SMILES string of the molecule is O=C(NCC1CCCO1)c1ccc(S(=O)(=O)NCCc2cccs2)cc1. The zero-order valence-corrected chi connectivity index (χ0v) is 15.9. The summed E-state index contributed by atoms with van der Waals surface area (Å²) < 4.78 is 32.7. The highest BCUT2D eigenvalue weighted by molar-refractivity contribution is 7.89. The minimum Gasteiger partial charge on any atom is -0.376 e. The Morgan fingerprint density at radius 2 is 2.04 bits per heavy atom. The lowest BCUT2D eigenvalue weighted by molar-refractivity contribution is 0.0857. The molecule has 6 nitrogen and oxygen atoms in total. The summed E-state index contributed by atoms with van der Waals surface area (Å²) in [5, 5.41) is 4.79. The van der Waals surface area contributed by atoms with Gasteiger partial charge in [0.15, 0.2) is 0 Å². The van der Waals surface area contributed by atoms with Gasteiger partial charge in [-0.2, -0.15) is 0 Å². The van der Waals surface area contributed by atoms with E-state index in [1.807, 2.05) is 17.5 Å². The fraction of sp³-hybridized carbons (Fsp3) is 0.389. The molecule has 8 heteroatoms. The van der Waals surface area contributed by atoms with Crippen molar-refractivity contribution in [2.24, 2.45) is 0 Å². The van der Waals surface area contributed by atoms with Gasteiger partial charge < -0.3 is 10.1 Å². The zero-order chi connectivity index (χ0) is 18.4. The third kappa shape index (κ3) is 5.14. The molecule has 1 aromatic carbocycles. The van der Waals surface area contributed by atoms with Crippen LogP contribution in [0.3, 0.4) is 0 Å². The minimum atomic E-state index is -3.58. The molecule has 1 aliphatic heterocycles. The molecular weight excluding hydrogens is 372 g/mol. The predicted octanol–water partition coefficient (Wildman–Crippen LogP) is 2.18. The number of carbonyl (C=O) groups is 1. The molecule has 3 rings (SSSR count). The highest BCUT2D eigenvalue weighted by Crippen LogP contribution is 2.13. The molecule has 1 fully saturated rings. The van der Waals surface area contributed by atoms with E-state index in [2.05, 4.69) is 10.0 Å². The quantitative estimate of drug-likeness (QED) is 0.719. The van der Waals surface area contributed by atoms with E-state index in [0.29, 0.717) is 25.1 Å². The average Bonchev–Trinajstić information content (AvgIpc) is 3.33. The van der Waals surface area contributed by atoms with Gasteiger partial charge >= 0.3 is 0 Å². The second-order valence-electron chi connectivity index (χ2n) is 6.10. The van der Waals surface area contributed by atoms with Crippen molar-refractivity contribution in [2.45, 2.75) is 30.3 Å². The molecular formula is C18H22N2O4S2. The van der Waals surface area contributed by atoms with Crippen molar-refractivity contribution in [1.82, 2.24) is 10.0 Å². The van der Waals surface area contributed by atoms with E-state index in [4.69, 9.17) is 4.74 Å². The molecule has 2 aromatic rings. The Balaban J connectivity index is 1.52. The average molecular weight is 395 g/mol. The lowest BCUT2D eigenvalue weighted by Crippen LogP contribution is -2.31. The molecule has 0 radical (unpaired) electrons. The number of thiophene rings is 1. The number of amides is 1. The Morgan fingerprint density at radius 1 is 1.23 bits per heavy atom. The summed E-state index contributed by atoms with van der Waals surface area (Å²) in [7, 11) is -3.58. The van der Waals surface area contributed by atoms with E-state index in [1.165, 1.54) is 24.3 Å². The normalized spacial score (nSPS) is 17.3. The lowest BCUT2D eigenvalue weighted by atomic mass is 10.2. The maximum atomic E-state index is 12.3. The zero-order valence-electron chi connectivity index (χ0n) is 14.3. The van der Waals surface area contributed by atoms with Crippen LogP contribution >= 0.6 is 11.3 Å². The highest BCUT2D eigenvalue weighted by atomic mass is 32.2.